The molecule has 1 atom stereocenters. The first-order valence-corrected chi connectivity index (χ1v) is 7.44. The zero-order valence-corrected chi connectivity index (χ0v) is 12.9. The van der Waals surface area contributed by atoms with E-state index in [4.69, 9.17) is 5.73 Å². The normalized spacial score (nSPS) is 16.5. The molecule has 2 amide bonds. The van der Waals surface area contributed by atoms with Gasteiger partial charge >= 0.3 is 0 Å². The second kappa shape index (κ2) is 6.21. The Labute approximate surface area is 134 Å². The molecule has 1 fully saturated rings. The van der Waals surface area contributed by atoms with Gasteiger partial charge in [0, 0.05) is 26.3 Å². The lowest BCUT2D eigenvalue weighted by Gasteiger charge is -2.34. The van der Waals surface area contributed by atoms with Crippen LogP contribution in [-0.2, 0) is 16.6 Å². The zero-order valence-electron chi connectivity index (χ0n) is 12.9. The van der Waals surface area contributed by atoms with Gasteiger partial charge in [0.05, 0.1) is 11.9 Å². The number of hydrogen-bond donors (Lipinski definition) is 1. The molecule has 1 aromatic heterocycles. The van der Waals surface area contributed by atoms with Gasteiger partial charge in [-0.3, -0.25) is 14.3 Å². The predicted octanol–water partition coefficient (Wildman–Crippen LogP) is 0.295. The molecule has 1 aliphatic heterocycles. The second-order valence-corrected chi connectivity index (χ2v) is 5.57. The van der Waals surface area contributed by atoms with Crippen LogP contribution in [0.3, 0.4) is 0 Å². The van der Waals surface area contributed by atoms with E-state index >= 15 is 0 Å². The summed E-state index contributed by atoms with van der Waals surface area (Å²) in [5, 5.41) is 4.07. The molecule has 0 spiro atoms. The number of amides is 2. The van der Waals surface area contributed by atoms with Gasteiger partial charge < -0.3 is 15.5 Å². The minimum atomic E-state index is -0.742. The van der Waals surface area contributed by atoms with Crippen LogP contribution in [0.2, 0.25) is 0 Å². The van der Waals surface area contributed by atoms with Gasteiger partial charge in [-0.25, -0.2) is 0 Å². The van der Waals surface area contributed by atoms with Crippen LogP contribution >= 0.6 is 0 Å². The van der Waals surface area contributed by atoms with Crippen molar-refractivity contribution in [3.63, 3.8) is 0 Å². The van der Waals surface area contributed by atoms with Gasteiger partial charge in [0.2, 0.25) is 11.8 Å². The van der Waals surface area contributed by atoms with Crippen molar-refractivity contribution >= 4 is 17.5 Å². The van der Waals surface area contributed by atoms with Crippen LogP contribution < -0.4 is 10.6 Å². The van der Waals surface area contributed by atoms with Gasteiger partial charge in [0.25, 0.3) is 0 Å². The molecular weight excluding hydrogens is 294 g/mol. The van der Waals surface area contributed by atoms with Gasteiger partial charge in [0.15, 0.2) is 0 Å². The number of piperazine rings is 1. The van der Waals surface area contributed by atoms with E-state index in [0.717, 1.165) is 11.3 Å². The number of aromatic nitrogens is 2. The van der Waals surface area contributed by atoms with E-state index in [1.54, 1.807) is 29.0 Å². The second-order valence-electron chi connectivity index (χ2n) is 5.57. The summed E-state index contributed by atoms with van der Waals surface area (Å²) in [7, 11) is 1.80. The Morgan fingerprint density at radius 2 is 2.00 bits per heavy atom. The van der Waals surface area contributed by atoms with E-state index in [2.05, 4.69) is 5.10 Å². The summed E-state index contributed by atoms with van der Waals surface area (Å²) < 4.78 is 1.64. The molecule has 0 saturated carbocycles. The molecule has 2 aromatic rings. The molecule has 7 nitrogen and oxygen atoms in total. The van der Waals surface area contributed by atoms with Crippen molar-refractivity contribution in [2.24, 2.45) is 12.8 Å². The van der Waals surface area contributed by atoms with Crippen molar-refractivity contribution in [2.75, 3.05) is 24.5 Å². The lowest BCUT2D eigenvalue weighted by molar-refractivity contribution is -0.138. The molecule has 120 valence electrons. The minimum Gasteiger partial charge on any atom is -0.330 e. The first-order valence-electron chi connectivity index (χ1n) is 7.44. The Balaban J connectivity index is 1.68. The van der Waals surface area contributed by atoms with Crippen LogP contribution in [0.15, 0.2) is 42.7 Å². The van der Waals surface area contributed by atoms with E-state index in [-0.39, 0.29) is 18.4 Å². The van der Waals surface area contributed by atoms with Crippen LogP contribution in [0.5, 0.6) is 0 Å². The highest BCUT2D eigenvalue weighted by Gasteiger charge is 2.31. The molecule has 2 N–H and O–H groups in total. The van der Waals surface area contributed by atoms with Crippen LogP contribution in [0.25, 0.3) is 0 Å². The van der Waals surface area contributed by atoms with Crippen molar-refractivity contribution in [3.05, 3.63) is 48.3 Å². The molecule has 0 bridgehead atoms. The summed E-state index contributed by atoms with van der Waals surface area (Å²) in [6.45, 7) is 0.937. The summed E-state index contributed by atoms with van der Waals surface area (Å²) in [6, 6.07) is 8.44. The lowest BCUT2D eigenvalue weighted by atomic mass is 10.1. The van der Waals surface area contributed by atoms with Crippen molar-refractivity contribution in [1.82, 2.24) is 14.7 Å². The first kappa shape index (κ1) is 15.2. The van der Waals surface area contributed by atoms with E-state index < -0.39 is 6.04 Å². The highest BCUT2D eigenvalue weighted by atomic mass is 16.2. The zero-order chi connectivity index (χ0) is 16.4. The minimum absolute atomic E-state index is 0.0360. The smallest absolute Gasteiger partial charge is 0.246 e. The molecule has 1 aliphatic rings. The van der Waals surface area contributed by atoms with Gasteiger partial charge in [-0.05, 0) is 5.56 Å². The quantitative estimate of drug-likeness (QED) is 0.883. The molecule has 2 heterocycles. The van der Waals surface area contributed by atoms with Gasteiger partial charge in [-0.2, -0.15) is 5.10 Å². The number of benzene rings is 1. The third-order valence-electron chi connectivity index (χ3n) is 3.96. The van der Waals surface area contributed by atoms with Crippen molar-refractivity contribution < 1.29 is 9.59 Å². The largest absolute Gasteiger partial charge is 0.330 e. The molecular formula is C16H19N5O2. The molecule has 0 radical (unpaired) electrons. The number of rotatable bonds is 3. The first-order chi connectivity index (χ1) is 11.1. The third kappa shape index (κ3) is 3.09. The number of carbonyl (C=O) groups excluding carboxylic acids is 2. The molecule has 7 heteroatoms. The number of nitrogens with two attached hydrogens (primary N) is 1. The van der Waals surface area contributed by atoms with Crippen LogP contribution in [-0.4, -0.2) is 46.1 Å². The Morgan fingerprint density at radius 3 is 2.61 bits per heavy atom. The van der Waals surface area contributed by atoms with Crippen LogP contribution in [0, 0.1) is 0 Å². The standard InChI is InChI=1S/C16H19N5O2/c1-19-10-13(9-18-19)21-8-7-20(11-14(21)22)16(23)15(17)12-5-3-2-4-6-12/h2-6,9-10,15H,7-8,11,17H2,1H3. The highest BCUT2D eigenvalue weighted by molar-refractivity contribution is 5.98. The average Bonchev–Trinajstić information content (AvgIpc) is 3.00. The Bertz CT molecular complexity index is 712. The van der Waals surface area contributed by atoms with E-state index in [1.807, 2.05) is 30.3 Å². The average molecular weight is 313 g/mol. The Kier molecular flexibility index (Phi) is 4.12. The Morgan fingerprint density at radius 1 is 1.26 bits per heavy atom. The molecule has 23 heavy (non-hydrogen) atoms. The third-order valence-corrected chi connectivity index (χ3v) is 3.96. The van der Waals surface area contributed by atoms with Gasteiger partial charge in [0.1, 0.15) is 12.6 Å². The van der Waals surface area contributed by atoms with Crippen LogP contribution in [0.1, 0.15) is 11.6 Å². The number of aryl methyl sites for hydroxylation is 1. The summed E-state index contributed by atoms with van der Waals surface area (Å²) >= 11 is 0. The maximum Gasteiger partial charge on any atom is 0.246 e. The number of hydrogen-bond acceptors (Lipinski definition) is 4. The van der Waals surface area contributed by atoms with Gasteiger partial charge in [-0.15, -0.1) is 0 Å². The maximum atomic E-state index is 12.5. The maximum absolute atomic E-state index is 12.5. The molecule has 3 rings (SSSR count). The van der Waals surface area contributed by atoms with E-state index in [9.17, 15) is 9.59 Å². The molecule has 0 aliphatic carbocycles. The monoisotopic (exact) mass is 313 g/mol. The summed E-state index contributed by atoms with van der Waals surface area (Å²) in [5.74, 6) is -0.353. The van der Waals surface area contributed by atoms with E-state index in [1.165, 1.54) is 4.90 Å². The Hall–Kier alpha value is -2.67. The fourth-order valence-electron chi connectivity index (χ4n) is 2.68. The topological polar surface area (TPSA) is 84.5 Å². The molecule has 1 aromatic carbocycles. The van der Waals surface area contributed by atoms with Crippen LogP contribution in [0.4, 0.5) is 5.69 Å². The van der Waals surface area contributed by atoms with Gasteiger partial charge in [-0.1, -0.05) is 30.3 Å². The molecule has 1 unspecified atom stereocenters. The van der Waals surface area contributed by atoms with Crippen molar-refractivity contribution in [3.8, 4) is 0 Å². The lowest BCUT2D eigenvalue weighted by Crippen LogP contribution is -2.54. The number of carbonyl (C=O) groups is 2. The van der Waals surface area contributed by atoms with Crippen molar-refractivity contribution in [1.29, 1.82) is 0 Å². The van der Waals surface area contributed by atoms with Crippen molar-refractivity contribution in [2.45, 2.75) is 6.04 Å². The fraction of sp³-hybridized carbons (Fsp3) is 0.312. The number of anilines is 1. The summed E-state index contributed by atoms with van der Waals surface area (Å²) in [5.41, 5.74) is 7.53. The number of nitrogens with zero attached hydrogens (tertiary/aromatic N) is 4. The molecule has 1 saturated heterocycles. The predicted molar refractivity (Wildman–Crippen MR) is 85.5 cm³/mol. The SMILES string of the molecule is Cn1cc(N2CCN(C(=O)C(N)c3ccccc3)CC2=O)cn1. The highest BCUT2D eigenvalue weighted by Crippen LogP contribution is 2.19. The van der Waals surface area contributed by atoms with E-state index in [0.29, 0.717) is 13.1 Å². The fourth-order valence-corrected chi connectivity index (χ4v) is 2.68. The summed E-state index contributed by atoms with van der Waals surface area (Å²) in [6.07, 6.45) is 3.43. The summed E-state index contributed by atoms with van der Waals surface area (Å²) in [4.78, 5) is 28.0.